The molecule has 0 aliphatic carbocycles. The van der Waals surface area contributed by atoms with Crippen molar-refractivity contribution in [1.82, 2.24) is 33.8 Å². The van der Waals surface area contributed by atoms with Gasteiger partial charge in [-0.1, -0.05) is 55.9 Å². The van der Waals surface area contributed by atoms with Crippen molar-refractivity contribution in [3.63, 3.8) is 0 Å². The zero-order valence-electron chi connectivity index (χ0n) is 20.2. The van der Waals surface area contributed by atoms with Gasteiger partial charge >= 0.3 is 0 Å². The molecule has 2 aromatic carbocycles. The van der Waals surface area contributed by atoms with Crippen LogP contribution in [0.5, 0.6) is 0 Å². The van der Waals surface area contributed by atoms with Gasteiger partial charge in [0.05, 0.1) is 16.8 Å². The van der Waals surface area contributed by atoms with Crippen LogP contribution in [-0.4, -0.2) is 46.9 Å². The number of aromatic nitrogens is 6. The predicted molar refractivity (Wildman–Crippen MR) is 146 cm³/mol. The monoisotopic (exact) mass is 517 g/mol. The Bertz CT molecular complexity index is 1530. The van der Waals surface area contributed by atoms with Crippen molar-refractivity contribution in [3.05, 3.63) is 82.7 Å². The molecule has 0 fully saturated rings. The first kappa shape index (κ1) is 24.5. The van der Waals surface area contributed by atoms with Gasteiger partial charge in [0.1, 0.15) is 5.82 Å². The Morgan fingerprint density at radius 2 is 1.81 bits per heavy atom. The maximum atomic E-state index is 13.3. The Morgan fingerprint density at radius 3 is 2.61 bits per heavy atom. The number of fused-ring (bicyclic) bond motifs is 2. The highest BCUT2D eigenvalue weighted by molar-refractivity contribution is 7.98. The number of H-pyrrole nitrogens is 1. The van der Waals surface area contributed by atoms with Gasteiger partial charge in [0.25, 0.3) is 5.56 Å². The Morgan fingerprint density at radius 1 is 1.00 bits per heavy atom. The van der Waals surface area contributed by atoms with E-state index >= 15 is 0 Å². The number of nitrogens with one attached hydrogen (secondary N) is 1. The Balaban J connectivity index is 1.39. The van der Waals surface area contributed by atoms with Crippen molar-refractivity contribution in [3.8, 4) is 0 Å². The highest BCUT2D eigenvalue weighted by atomic mass is 32.2. The molecular formula is C26H27N7OS2. The predicted octanol–water partition coefficient (Wildman–Crippen LogP) is 4.95. The average Bonchev–Trinajstić information content (AvgIpc) is 3.33. The van der Waals surface area contributed by atoms with Crippen LogP contribution in [0.25, 0.3) is 22.2 Å². The van der Waals surface area contributed by atoms with Gasteiger partial charge in [0.15, 0.2) is 16.3 Å². The summed E-state index contributed by atoms with van der Waals surface area (Å²) in [6.07, 6.45) is 3.81. The van der Waals surface area contributed by atoms with Crippen LogP contribution in [0.1, 0.15) is 25.2 Å². The van der Waals surface area contributed by atoms with E-state index in [-0.39, 0.29) is 11.1 Å². The summed E-state index contributed by atoms with van der Waals surface area (Å²) < 4.78 is 4.01. The summed E-state index contributed by atoms with van der Waals surface area (Å²) in [5.41, 5.74) is 3.57. The Labute approximate surface area is 217 Å². The third-order valence-electron chi connectivity index (χ3n) is 5.81. The summed E-state index contributed by atoms with van der Waals surface area (Å²) in [4.78, 5) is 35.8. The summed E-state index contributed by atoms with van der Waals surface area (Å²) in [5, 5.41) is 0.613. The summed E-state index contributed by atoms with van der Waals surface area (Å²) in [6.45, 7) is 6.80. The maximum absolute atomic E-state index is 13.3. The normalized spacial score (nSPS) is 11.6. The summed E-state index contributed by atoms with van der Waals surface area (Å²) >= 11 is 3.23. The topological polar surface area (TPSA) is 92.6 Å². The maximum Gasteiger partial charge on any atom is 0.282 e. The molecule has 0 aliphatic rings. The van der Waals surface area contributed by atoms with Gasteiger partial charge in [0, 0.05) is 36.9 Å². The molecule has 0 saturated heterocycles. The second kappa shape index (κ2) is 11.2. The van der Waals surface area contributed by atoms with Crippen LogP contribution < -0.4 is 5.56 Å². The minimum atomic E-state index is -0.172. The number of hydrogen-bond donors (Lipinski definition) is 1. The fourth-order valence-electron chi connectivity index (χ4n) is 3.92. The van der Waals surface area contributed by atoms with Crippen molar-refractivity contribution >= 4 is 45.9 Å². The lowest BCUT2D eigenvalue weighted by atomic mass is 10.1. The van der Waals surface area contributed by atoms with Crippen LogP contribution in [0.2, 0.25) is 0 Å². The van der Waals surface area contributed by atoms with Crippen molar-refractivity contribution in [2.45, 2.75) is 42.6 Å². The van der Waals surface area contributed by atoms with E-state index in [2.05, 4.69) is 62.4 Å². The molecule has 0 spiro atoms. The van der Waals surface area contributed by atoms with Crippen molar-refractivity contribution < 1.29 is 0 Å². The van der Waals surface area contributed by atoms with Crippen molar-refractivity contribution in [1.29, 1.82) is 0 Å². The molecule has 5 rings (SSSR count). The molecule has 0 saturated carbocycles. The molecule has 184 valence electrons. The number of aromatic amines is 1. The Hall–Kier alpha value is -3.21. The van der Waals surface area contributed by atoms with Crippen molar-refractivity contribution in [2.24, 2.45) is 0 Å². The van der Waals surface area contributed by atoms with Gasteiger partial charge in [0.2, 0.25) is 0 Å². The molecule has 0 bridgehead atoms. The van der Waals surface area contributed by atoms with E-state index in [0.717, 1.165) is 41.9 Å². The van der Waals surface area contributed by atoms with Crippen LogP contribution in [0.4, 0.5) is 0 Å². The molecular weight excluding hydrogens is 490 g/mol. The lowest BCUT2D eigenvalue weighted by Crippen LogP contribution is -2.25. The van der Waals surface area contributed by atoms with Gasteiger partial charge in [-0.3, -0.25) is 9.36 Å². The zero-order chi connectivity index (χ0) is 24.9. The fraction of sp³-hybridized carbons (Fsp3) is 0.269. The molecule has 5 aromatic rings. The van der Waals surface area contributed by atoms with Gasteiger partial charge in [-0.25, -0.2) is 24.2 Å². The van der Waals surface area contributed by atoms with Crippen LogP contribution in [0.3, 0.4) is 0 Å². The average molecular weight is 518 g/mol. The van der Waals surface area contributed by atoms with Crippen LogP contribution in [-0.2, 0) is 18.7 Å². The fourth-order valence-corrected chi connectivity index (χ4v) is 5.66. The first-order valence-corrected chi connectivity index (χ1v) is 13.7. The third-order valence-corrected chi connectivity index (χ3v) is 8.03. The lowest BCUT2D eigenvalue weighted by Gasteiger charge is -2.16. The summed E-state index contributed by atoms with van der Waals surface area (Å²) in [5.74, 6) is 1.39. The highest BCUT2D eigenvalue weighted by Crippen LogP contribution is 2.27. The van der Waals surface area contributed by atoms with Crippen LogP contribution in [0, 0.1) is 0 Å². The van der Waals surface area contributed by atoms with Gasteiger partial charge in [-0.15, -0.1) is 0 Å². The minimum absolute atomic E-state index is 0.172. The summed E-state index contributed by atoms with van der Waals surface area (Å²) in [6, 6.07) is 16.4. The Kier molecular flexibility index (Phi) is 7.64. The molecule has 0 atom stereocenters. The standard InChI is InChI=1S/C26H27N7OS2/c1-3-32(4-2)36-19-10-11-20-21(16-19)30-22(29-20)17-35-26-31-24-23(27-13-14-28-24)25(34)33(26)15-12-18-8-6-5-7-9-18/h5-11,13-14,16H,3-4,12,15,17H2,1-2H3,(H,29,30). The molecule has 1 N–H and O–H groups in total. The second-order valence-electron chi connectivity index (χ2n) is 8.17. The van der Waals surface area contributed by atoms with E-state index < -0.39 is 0 Å². The van der Waals surface area contributed by atoms with E-state index in [1.54, 1.807) is 22.7 Å². The first-order chi connectivity index (χ1) is 17.6. The number of rotatable bonds is 10. The van der Waals surface area contributed by atoms with Crippen LogP contribution in [0.15, 0.2) is 75.8 Å². The van der Waals surface area contributed by atoms with E-state index in [0.29, 0.717) is 23.1 Å². The third kappa shape index (κ3) is 5.45. The van der Waals surface area contributed by atoms with Crippen LogP contribution >= 0.6 is 23.7 Å². The largest absolute Gasteiger partial charge is 0.341 e. The number of nitrogens with zero attached hydrogens (tertiary/aromatic N) is 6. The first-order valence-electron chi connectivity index (χ1n) is 11.9. The molecule has 0 unspecified atom stereocenters. The lowest BCUT2D eigenvalue weighted by molar-refractivity contribution is 0.525. The van der Waals surface area contributed by atoms with E-state index in [1.807, 2.05) is 24.3 Å². The molecule has 3 aromatic heterocycles. The van der Waals surface area contributed by atoms with Gasteiger partial charge < -0.3 is 4.98 Å². The molecule has 8 nitrogen and oxygen atoms in total. The second-order valence-corrected chi connectivity index (χ2v) is 10.3. The number of imidazole rings is 1. The van der Waals surface area contributed by atoms with Gasteiger partial charge in [-0.05, 0) is 42.1 Å². The molecule has 3 heterocycles. The molecule has 0 radical (unpaired) electrons. The smallest absolute Gasteiger partial charge is 0.282 e. The highest BCUT2D eigenvalue weighted by Gasteiger charge is 2.15. The van der Waals surface area contributed by atoms with E-state index in [9.17, 15) is 4.79 Å². The molecule has 10 heteroatoms. The number of thioether (sulfide) groups is 1. The minimum Gasteiger partial charge on any atom is -0.341 e. The van der Waals surface area contributed by atoms with Gasteiger partial charge in [-0.2, -0.15) is 0 Å². The molecule has 0 amide bonds. The number of hydrogen-bond acceptors (Lipinski definition) is 8. The molecule has 0 aliphatic heterocycles. The SMILES string of the molecule is CCN(CC)Sc1ccc2nc(CSc3nc4nccnc4c(=O)n3CCc3ccccc3)[nH]c2c1. The zero-order valence-corrected chi connectivity index (χ0v) is 21.9. The van der Waals surface area contributed by atoms with Crippen molar-refractivity contribution in [2.75, 3.05) is 13.1 Å². The van der Waals surface area contributed by atoms with E-state index in [1.165, 1.54) is 22.9 Å². The van der Waals surface area contributed by atoms with E-state index in [4.69, 9.17) is 4.98 Å². The molecule has 36 heavy (non-hydrogen) atoms. The quantitative estimate of drug-likeness (QED) is 0.158. The number of aryl methyl sites for hydroxylation is 1. The summed E-state index contributed by atoms with van der Waals surface area (Å²) in [7, 11) is 0. The number of benzene rings is 2.